The van der Waals surface area contributed by atoms with E-state index < -0.39 is 0 Å². The largest absolute Gasteiger partial charge is 0.464 e. The first-order valence-electron chi connectivity index (χ1n) is 5.04. The van der Waals surface area contributed by atoms with Gasteiger partial charge in [0.25, 0.3) is 0 Å². The zero-order valence-corrected chi connectivity index (χ0v) is 9.19. The number of aromatic amines is 1. The van der Waals surface area contributed by atoms with Gasteiger partial charge < -0.3 is 15.0 Å². The van der Waals surface area contributed by atoms with E-state index in [2.05, 4.69) is 25.3 Å². The van der Waals surface area contributed by atoms with Crippen LogP contribution in [0, 0.1) is 0 Å². The topological polar surface area (TPSA) is 75.7 Å². The Balaban J connectivity index is 2.41. The van der Waals surface area contributed by atoms with Crippen LogP contribution in [-0.2, 0) is 0 Å². The van der Waals surface area contributed by atoms with E-state index in [1.807, 2.05) is 25.3 Å². The van der Waals surface area contributed by atoms with Crippen LogP contribution in [0.25, 0.3) is 11.5 Å². The third-order valence-electron chi connectivity index (χ3n) is 1.95. The highest BCUT2D eigenvalue weighted by Crippen LogP contribution is 2.16. The summed E-state index contributed by atoms with van der Waals surface area (Å²) in [5.74, 6) is 1.05. The van der Waals surface area contributed by atoms with Crippen molar-refractivity contribution >= 4 is 5.95 Å². The highest BCUT2D eigenvalue weighted by molar-refractivity contribution is 5.51. The number of ether oxygens (including phenoxy) is 1. The Morgan fingerprint density at radius 3 is 2.88 bits per heavy atom. The van der Waals surface area contributed by atoms with Gasteiger partial charge >= 0.3 is 6.01 Å². The second-order valence-electron chi connectivity index (χ2n) is 3.03. The third kappa shape index (κ3) is 2.10. The molecule has 84 valence electrons. The Bertz CT molecular complexity index is 454. The van der Waals surface area contributed by atoms with Gasteiger partial charge in [-0.05, 0) is 19.1 Å². The molecule has 2 N–H and O–H groups in total. The van der Waals surface area contributed by atoms with Crippen LogP contribution in [0.15, 0.2) is 18.3 Å². The van der Waals surface area contributed by atoms with Crippen LogP contribution in [0.2, 0.25) is 0 Å². The highest BCUT2D eigenvalue weighted by atomic mass is 16.5. The van der Waals surface area contributed by atoms with Crippen LogP contribution in [0.5, 0.6) is 6.01 Å². The summed E-state index contributed by atoms with van der Waals surface area (Å²) in [5, 5.41) is 2.87. The third-order valence-corrected chi connectivity index (χ3v) is 1.95. The van der Waals surface area contributed by atoms with Crippen molar-refractivity contribution in [2.45, 2.75) is 6.92 Å². The Kier molecular flexibility index (Phi) is 3.00. The van der Waals surface area contributed by atoms with Crippen molar-refractivity contribution in [2.24, 2.45) is 0 Å². The summed E-state index contributed by atoms with van der Waals surface area (Å²) < 4.78 is 5.27. The van der Waals surface area contributed by atoms with Gasteiger partial charge in [-0.15, -0.1) is 0 Å². The minimum Gasteiger partial charge on any atom is -0.464 e. The van der Waals surface area contributed by atoms with Gasteiger partial charge in [0.1, 0.15) is 0 Å². The molecule has 0 spiro atoms. The molecule has 0 aliphatic rings. The lowest BCUT2D eigenvalue weighted by atomic mass is 10.4. The van der Waals surface area contributed by atoms with Crippen LogP contribution in [-0.4, -0.2) is 33.6 Å². The first-order chi connectivity index (χ1) is 7.83. The molecule has 0 bridgehead atoms. The number of aromatic nitrogens is 4. The van der Waals surface area contributed by atoms with Crippen molar-refractivity contribution in [3.8, 4) is 17.5 Å². The van der Waals surface area contributed by atoms with E-state index in [9.17, 15) is 0 Å². The maximum Gasteiger partial charge on any atom is 0.321 e. The zero-order valence-electron chi connectivity index (χ0n) is 9.19. The van der Waals surface area contributed by atoms with E-state index in [4.69, 9.17) is 4.74 Å². The van der Waals surface area contributed by atoms with Gasteiger partial charge in [-0.25, -0.2) is 0 Å². The molecule has 2 aromatic heterocycles. The van der Waals surface area contributed by atoms with Gasteiger partial charge in [-0.1, -0.05) is 0 Å². The monoisotopic (exact) mass is 219 g/mol. The lowest BCUT2D eigenvalue weighted by molar-refractivity contribution is 0.312. The molecular formula is C10H13N5O. The fourth-order valence-electron chi connectivity index (χ4n) is 1.25. The van der Waals surface area contributed by atoms with Crippen LogP contribution in [0.1, 0.15) is 6.92 Å². The van der Waals surface area contributed by atoms with Gasteiger partial charge in [0.15, 0.2) is 5.82 Å². The number of hydrogen-bond acceptors (Lipinski definition) is 5. The predicted octanol–water partition coefficient (Wildman–Crippen LogP) is 1.31. The quantitative estimate of drug-likeness (QED) is 0.810. The van der Waals surface area contributed by atoms with E-state index in [0.29, 0.717) is 24.4 Å². The molecule has 0 radical (unpaired) electrons. The average Bonchev–Trinajstić information content (AvgIpc) is 2.82. The van der Waals surface area contributed by atoms with Gasteiger partial charge in [-0.2, -0.15) is 15.0 Å². The predicted molar refractivity (Wildman–Crippen MR) is 60.3 cm³/mol. The molecule has 0 aliphatic carbocycles. The fourth-order valence-corrected chi connectivity index (χ4v) is 1.25. The molecule has 2 rings (SSSR count). The van der Waals surface area contributed by atoms with Gasteiger partial charge in [0.05, 0.1) is 12.3 Å². The average molecular weight is 219 g/mol. The molecule has 0 aromatic carbocycles. The van der Waals surface area contributed by atoms with Gasteiger partial charge in [-0.3, -0.25) is 0 Å². The van der Waals surface area contributed by atoms with Crippen molar-refractivity contribution < 1.29 is 4.74 Å². The molecule has 0 unspecified atom stereocenters. The first kappa shape index (κ1) is 10.4. The molecule has 2 aromatic rings. The number of hydrogen-bond donors (Lipinski definition) is 2. The van der Waals surface area contributed by atoms with Crippen LogP contribution in [0.3, 0.4) is 0 Å². The van der Waals surface area contributed by atoms with Crippen LogP contribution >= 0.6 is 0 Å². The van der Waals surface area contributed by atoms with Gasteiger partial charge in [0.2, 0.25) is 5.95 Å². The van der Waals surface area contributed by atoms with E-state index in [1.165, 1.54) is 0 Å². The summed E-state index contributed by atoms with van der Waals surface area (Å²) in [5.41, 5.74) is 0.833. The summed E-state index contributed by atoms with van der Waals surface area (Å²) in [6.45, 7) is 2.41. The lowest BCUT2D eigenvalue weighted by Crippen LogP contribution is -2.05. The summed E-state index contributed by atoms with van der Waals surface area (Å²) in [6.07, 6.45) is 1.82. The fraction of sp³-hybridized carbons (Fsp3) is 0.300. The molecule has 6 heteroatoms. The normalized spacial score (nSPS) is 10.1. The molecule has 2 heterocycles. The summed E-state index contributed by atoms with van der Waals surface area (Å²) >= 11 is 0. The summed E-state index contributed by atoms with van der Waals surface area (Å²) in [7, 11) is 1.75. The molecule has 16 heavy (non-hydrogen) atoms. The second kappa shape index (κ2) is 4.61. The van der Waals surface area contributed by atoms with E-state index in [0.717, 1.165) is 5.69 Å². The Morgan fingerprint density at radius 2 is 2.25 bits per heavy atom. The zero-order chi connectivity index (χ0) is 11.4. The molecule has 0 saturated carbocycles. The number of nitrogens with zero attached hydrogens (tertiary/aromatic N) is 3. The molecule has 0 atom stereocenters. The smallest absolute Gasteiger partial charge is 0.321 e. The van der Waals surface area contributed by atoms with Crippen molar-refractivity contribution in [1.82, 2.24) is 19.9 Å². The van der Waals surface area contributed by atoms with Crippen molar-refractivity contribution in [2.75, 3.05) is 19.0 Å². The number of nitrogens with one attached hydrogen (secondary N) is 2. The molecule has 0 aliphatic heterocycles. The molecule has 0 fully saturated rings. The van der Waals surface area contributed by atoms with E-state index >= 15 is 0 Å². The molecule has 0 amide bonds. The van der Waals surface area contributed by atoms with E-state index in [1.54, 1.807) is 7.05 Å². The minimum absolute atomic E-state index is 0.325. The van der Waals surface area contributed by atoms with Crippen LogP contribution in [0.4, 0.5) is 5.95 Å². The number of H-pyrrole nitrogens is 1. The number of anilines is 1. The highest BCUT2D eigenvalue weighted by Gasteiger charge is 2.08. The van der Waals surface area contributed by atoms with Crippen molar-refractivity contribution in [3.63, 3.8) is 0 Å². The standard InChI is InChI=1S/C10H13N5O/c1-3-16-10-14-8(7-5-4-6-12-7)13-9(11-2)15-10/h4-6,12H,3H2,1-2H3,(H,11,13,14,15). The molecule has 6 nitrogen and oxygen atoms in total. The van der Waals surface area contributed by atoms with Gasteiger partial charge in [0, 0.05) is 13.2 Å². The molecule has 0 saturated heterocycles. The lowest BCUT2D eigenvalue weighted by Gasteiger charge is -2.05. The summed E-state index contributed by atoms with van der Waals surface area (Å²) in [6, 6.07) is 4.11. The SMILES string of the molecule is CCOc1nc(NC)nc(-c2ccc[nH]2)n1. The maximum atomic E-state index is 5.27. The first-order valence-corrected chi connectivity index (χ1v) is 5.04. The van der Waals surface area contributed by atoms with Crippen molar-refractivity contribution in [1.29, 1.82) is 0 Å². The Morgan fingerprint density at radius 1 is 1.38 bits per heavy atom. The summed E-state index contributed by atoms with van der Waals surface area (Å²) in [4.78, 5) is 15.5. The Labute approximate surface area is 93.1 Å². The van der Waals surface area contributed by atoms with Crippen LogP contribution < -0.4 is 10.1 Å². The molecular weight excluding hydrogens is 206 g/mol. The minimum atomic E-state index is 0.325. The van der Waals surface area contributed by atoms with Crippen molar-refractivity contribution in [3.05, 3.63) is 18.3 Å². The Hall–Kier alpha value is -2.11. The maximum absolute atomic E-state index is 5.27. The second-order valence-corrected chi connectivity index (χ2v) is 3.03. The number of rotatable bonds is 4. The van der Waals surface area contributed by atoms with E-state index in [-0.39, 0.29) is 0 Å².